The zero-order valence-electron chi connectivity index (χ0n) is 11.1. The maximum atomic E-state index is 13.0. The van der Waals surface area contributed by atoms with Crippen LogP contribution in [0.25, 0.3) is 0 Å². The smallest absolute Gasteiger partial charge is 0.124 e. The van der Waals surface area contributed by atoms with Crippen molar-refractivity contribution in [2.75, 3.05) is 6.54 Å². The fourth-order valence-corrected chi connectivity index (χ4v) is 2.12. The van der Waals surface area contributed by atoms with E-state index in [1.807, 2.05) is 17.8 Å². The summed E-state index contributed by atoms with van der Waals surface area (Å²) in [5.74, 6) is -0.321. The van der Waals surface area contributed by atoms with Gasteiger partial charge in [-0.05, 0) is 31.2 Å². The van der Waals surface area contributed by atoms with E-state index in [0.717, 1.165) is 24.3 Å². The van der Waals surface area contributed by atoms with Gasteiger partial charge in [-0.2, -0.15) is 5.10 Å². The van der Waals surface area contributed by atoms with Crippen LogP contribution in [-0.2, 0) is 13.1 Å². The van der Waals surface area contributed by atoms with E-state index in [2.05, 4.69) is 17.3 Å². The molecule has 2 aromatic rings. The van der Waals surface area contributed by atoms with Gasteiger partial charge >= 0.3 is 0 Å². The quantitative estimate of drug-likeness (QED) is 0.912. The van der Waals surface area contributed by atoms with Gasteiger partial charge in [0.2, 0.25) is 0 Å². The number of aromatic nitrogens is 2. The Bertz CT molecular complexity index is 566. The van der Waals surface area contributed by atoms with Crippen LogP contribution in [0.1, 0.15) is 23.7 Å². The number of hydrogen-bond donors (Lipinski definition) is 1. The molecule has 0 radical (unpaired) electrons. The molecule has 1 aromatic carbocycles. The Morgan fingerprint density at radius 1 is 1.37 bits per heavy atom. The molecule has 2 rings (SSSR count). The lowest BCUT2D eigenvalue weighted by Crippen LogP contribution is -2.11. The Kier molecular flexibility index (Phi) is 4.56. The number of nitrogens with zero attached hydrogens (tertiary/aromatic N) is 2. The predicted octanol–water partition coefficient (Wildman–Crippen LogP) is 3.14. The predicted molar refractivity (Wildman–Crippen MR) is 74.9 cm³/mol. The van der Waals surface area contributed by atoms with Crippen molar-refractivity contribution in [3.63, 3.8) is 0 Å². The molecular formula is C14H17ClFN3. The van der Waals surface area contributed by atoms with Gasteiger partial charge in [-0.15, -0.1) is 0 Å². The molecule has 5 heteroatoms. The number of rotatable bonds is 5. The molecule has 1 heterocycles. The average Bonchev–Trinajstić information content (AvgIpc) is 2.71. The third-order valence-corrected chi connectivity index (χ3v) is 3.31. The second-order valence-corrected chi connectivity index (χ2v) is 4.86. The Balaban J connectivity index is 2.14. The molecule has 0 amide bonds. The first-order valence-corrected chi connectivity index (χ1v) is 6.65. The first-order valence-electron chi connectivity index (χ1n) is 6.27. The summed E-state index contributed by atoms with van der Waals surface area (Å²) in [7, 11) is 0. The molecule has 0 spiro atoms. The van der Waals surface area contributed by atoms with Crippen LogP contribution in [0.3, 0.4) is 0 Å². The largest absolute Gasteiger partial charge is 0.313 e. The highest BCUT2D eigenvalue weighted by molar-refractivity contribution is 6.31. The van der Waals surface area contributed by atoms with Crippen molar-refractivity contribution in [3.05, 3.63) is 52.1 Å². The van der Waals surface area contributed by atoms with Gasteiger partial charge in [0.25, 0.3) is 0 Å². The van der Waals surface area contributed by atoms with E-state index in [0.29, 0.717) is 11.6 Å². The molecule has 3 nitrogen and oxygen atoms in total. The van der Waals surface area contributed by atoms with Crippen LogP contribution in [0.4, 0.5) is 4.39 Å². The second-order valence-electron chi connectivity index (χ2n) is 4.45. The van der Waals surface area contributed by atoms with E-state index in [1.165, 1.54) is 17.7 Å². The van der Waals surface area contributed by atoms with Crippen molar-refractivity contribution in [2.24, 2.45) is 0 Å². The first-order chi connectivity index (χ1) is 9.10. The maximum absolute atomic E-state index is 13.0. The minimum Gasteiger partial charge on any atom is -0.313 e. The number of benzene rings is 1. The minimum atomic E-state index is -0.321. The maximum Gasteiger partial charge on any atom is 0.124 e. The second kappa shape index (κ2) is 6.17. The number of nitrogens with one attached hydrogen (secondary N) is 1. The molecule has 0 saturated carbocycles. The lowest BCUT2D eigenvalue weighted by molar-refractivity contribution is 0.624. The molecule has 1 N–H and O–H groups in total. The molecule has 0 bridgehead atoms. The van der Waals surface area contributed by atoms with Crippen molar-refractivity contribution < 1.29 is 4.39 Å². The summed E-state index contributed by atoms with van der Waals surface area (Å²) < 4.78 is 14.8. The summed E-state index contributed by atoms with van der Waals surface area (Å²) in [5, 5.41) is 8.15. The van der Waals surface area contributed by atoms with Crippen LogP contribution in [0, 0.1) is 12.7 Å². The summed E-state index contributed by atoms with van der Waals surface area (Å²) in [6.45, 7) is 6.33. The summed E-state index contributed by atoms with van der Waals surface area (Å²) in [4.78, 5) is 0. The van der Waals surface area contributed by atoms with Crippen LogP contribution in [-0.4, -0.2) is 16.3 Å². The number of aryl methyl sites for hydroxylation is 1. The molecule has 0 saturated heterocycles. The van der Waals surface area contributed by atoms with E-state index in [4.69, 9.17) is 11.6 Å². The van der Waals surface area contributed by atoms with Crippen LogP contribution in [0.2, 0.25) is 5.02 Å². The normalized spacial score (nSPS) is 10.9. The van der Waals surface area contributed by atoms with Gasteiger partial charge in [-0.3, -0.25) is 4.68 Å². The van der Waals surface area contributed by atoms with E-state index < -0.39 is 0 Å². The highest BCUT2D eigenvalue weighted by atomic mass is 35.5. The van der Waals surface area contributed by atoms with Crippen molar-refractivity contribution in [3.8, 4) is 0 Å². The molecular weight excluding hydrogens is 265 g/mol. The van der Waals surface area contributed by atoms with Gasteiger partial charge in [0.05, 0.1) is 12.2 Å². The molecule has 102 valence electrons. The molecule has 0 unspecified atom stereocenters. The van der Waals surface area contributed by atoms with Gasteiger partial charge in [0.15, 0.2) is 0 Å². The third kappa shape index (κ3) is 3.55. The van der Waals surface area contributed by atoms with Crippen LogP contribution >= 0.6 is 11.6 Å². The highest BCUT2D eigenvalue weighted by Gasteiger charge is 2.07. The average molecular weight is 282 g/mol. The minimum absolute atomic E-state index is 0.321. The fourth-order valence-electron chi connectivity index (χ4n) is 1.90. The summed E-state index contributed by atoms with van der Waals surface area (Å²) >= 11 is 6.02. The molecule has 0 aliphatic carbocycles. The number of halogens is 2. The van der Waals surface area contributed by atoms with E-state index in [1.54, 1.807) is 6.07 Å². The van der Waals surface area contributed by atoms with Crippen molar-refractivity contribution in [2.45, 2.75) is 26.9 Å². The topological polar surface area (TPSA) is 29.9 Å². The molecule has 19 heavy (non-hydrogen) atoms. The Morgan fingerprint density at radius 3 is 2.84 bits per heavy atom. The molecule has 0 atom stereocenters. The van der Waals surface area contributed by atoms with Crippen molar-refractivity contribution in [1.82, 2.24) is 15.1 Å². The summed E-state index contributed by atoms with van der Waals surface area (Å²) in [5.41, 5.74) is 3.03. The molecule has 0 fully saturated rings. The van der Waals surface area contributed by atoms with E-state index in [-0.39, 0.29) is 5.82 Å². The van der Waals surface area contributed by atoms with Crippen LogP contribution in [0.15, 0.2) is 24.4 Å². The van der Waals surface area contributed by atoms with Crippen molar-refractivity contribution in [1.29, 1.82) is 0 Å². The highest BCUT2D eigenvalue weighted by Crippen LogP contribution is 2.18. The summed E-state index contributed by atoms with van der Waals surface area (Å²) in [6.07, 6.45) is 2.00. The van der Waals surface area contributed by atoms with Crippen LogP contribution in [0.5, 0.6) is 0 Å². The monoisotopic (exact) mass is 281 g/mol. The fraction of sp³-hybridized carbons (Fsp3) is 0.357. The molecule has 1 aromatic heterocycles. The lowest BCUT2D eigenvalue weighted by atomic mass is 10.2. The molecule has 0 aliphatic heterocycles. The van der Waals surface area contributed by atoms with E-state index in [9.17, 15) is 4.39 Å². The van der Waals surface area contributed by atoms with Gasteiger partial charge < -0.3 is 5.32 Å². The molecule has 0 aliphatic rings. The van der Waals surface area contributed by atoms with Gasteiger partial charge in [-0.1, -0.05) is 24.6 Å². The Hall–Kier alpha value is -1.39. The van der Waals surface area contributed by atoms with Crippen LogP contribution < -0.4 is 5.32 Å². The first kappa shape index (κ1) is 14.0. The van der Waals surface area contributed by atoms with Gasteiger partial charge in [0.1, 0.15) is 5.82 Å². The third-order valence-electron chi connectivity index (χ3n) is 2.96. The Labute approximate surface area is 117 Å². The Morgan fingerprint density at radius 2 is 2.16 bits per heavy atom. The van der Waals surface area contributed by atoms with Crippen molar-refractivity contribution >= 4 is 11.6 Å². The van der Waals surface area contributed by atoms with Gasteiger partial charge in [-0.25, -0.2) is 4.39 Å². The zero-order chi connectivity index (χ0) is 13.8. The standard InChI is InChI=1S/C14H17ClFN3/c1-3-17-7-12-9-19(18-10(12)2)8-11-4-5-13(16)6-14(11)15/h4-6,9,17H,3,7-8H2,1-2H3. The lowest BCUT2D eigenvalue weighted by Gasteiger charge is -2.04. The number of hydrogen-bond acceptors (Lipinski definition) is 2. The summed E-state index contributed by atoms with van der Waals surface area (Å²) in [6, 6.07) is 4.43. The van der Waals surface area contributed by atoms with E-state index >= 15 is 0 Å². The van der Waals surface area contributed by atoms with Gasteiger partial charge in [0, 0.05) is 23.3 Å². The zero-order valence-corrected chi connectivity index (χ0v) is 11.8. The SMILES string of the molecule is CCNCc1cn(Cc2ccc(F)cc2Cl)nc1C.